The molecule has 1 aliphatic rings. The van der Waals surface area contributed by atoms with Crippen molar-refractivity contribution in [3.8, 4) is 0 Å². The Morgan fingerprint density at radius 2 is 2.21 bits per heavy atom. The Morgan fingerprint density at radius 1 is 1.47 bits per heavy atom. The molecule has 1 aromatic rings. The van der Waals surface area contributed by atoms with E-state index in [1.807, 2.05) is 0 Å². The SMILES string of the molecule is Cc1nc(CNC(CC(N)=O)C2CCCCC2)no1. The molecule has 0 bridgehead atoms. The van der Waals surface area contributed by atoms with Crippen LogP contribution in [0.5, 0.6) is 0 Å². The van der Waals surface area contributed by atoms with Gasteiger partial charge in [0.25, 0.3) is 0 Å². The van der Waals surface area contributed by atoms with Gasteiger partial charge in [0.2, 0.25) is 11.8 Å². The number of aromatic nitrogens is 2. The topological polar surface area (TPSA) is 94.0 Å². The summed E-state index contributed by atoms with van der Waals surface area (Å²) in [5.74, 6) is 1.45. The van der Waals surface area contributed by atoms with E-state index in [-0.39, 0.29) is 11.9 Å². The molecular weight excluding hydrogens is 244 g/mol. The van der Waals surface area contributed by atoms with Gasteiger partial charge in [-0.3, -0.25) is 4.79 Å². The third kappa shape index (κ3) is 4.31. The summed E-state index contributed by atoms with van der Waals surface area (Å²) < 4.78 is 4.93. The third-order valence-corrected chi connectivity index (χ3v) is 3.73. The molecule has 1 aliphatic carbocycles. The molecule has 0 radical (unpaired) electrons. The molecule has 1 fully saturated rings. The first kappa shape index (κ1) is 14.0. The van der Waals surface area contributed by atoms with Gasteiger partial charge in [0.05, 0.1) is 6.54 Å². The summed E-state index contributed by atoms with van der Waals surface area (Å²) in [6.45, 7) is 2.28. The number of nitrogens with two attached hydrogens (primary N) is 1. The highest BCUT2D eigenvalue weighted by Gasteiger charge is 2.25. The molecule has 19 heavy (non-hydrogen) atoms. The first-order valence-electron chi connectivity index (χ1n) is 6.96. The predicted octanol–water partition coefficient (Wildman–Crippen LogP) is 1.29. The highest BCUT2D eigenvalue weighted by atomic mass is 16.5. The maximum absolute atomic E-state index is 11.2. The van der Waals surface area contributed by atoms with E-state index in [0.29, 0.717) is 30.6 Å². The van der Waals surface area contributed by atoms with Crippen LogP contribution < -0.4 is 11.1 Å². The predicted molar refractivity (Wildman–Crippen MR) is 70.0 cm³/mol. The molecule has 0 aromatic carbocycles. The van der Waals surface area contributed by atoms with Crippen LogP contribution in [-0.2, 0) is 11.3 Å². The van der Waals surface area contributed by atoms with Gasteiger partial charge in [0, 0.05) is 19.4 Å². The molecule has 6 nitrogen and oxygen atoms in total. The largest absolute Gasteiger partial charge is 0.370 e. The Morgan fingerprint density at radius 3 is 2.79 bits per heavy atom. The number of aryl methyl sites for hydroxylation is 1. The number of rotatable bonds is 6. The van der Waals surface area contributed by atoms with Crippen molar-refractivity contribution in [2.75, 3.05) is 0 Å². The molecule has 3 N–H and O–H groups in total. The molecule has 1 amide bonds. The van der Waals surface area contributed by atoms with Crippen LogP contribution >= 0.6 is 0 Å². The van der Waals surface area contributed by atoms with E-state index in [9.17, 15) is 4.79 Å². The lowest BCUT2D eigenvalue weighted by atomic mass is 9.82. The van der Waals surface area contributed by atoms with Gasteiger partial charge < -0.3 is 15.6 Å². The summed E-state index contributed by atoms with van der Waals surface area (Å²) in [5.41, 5.74) is 5.34. The molecule has 0 spiro atoms. The molecule has 6 heteroatoms. The van der Waals surface area contributed by atoms with E-state index in [1.54, 1.807) is 6.92 Å². The minimum atomic E-state index is -0.257. The summed E-state index contributed by atoms with van der Waals surface area (Å²) in [7, 11) is 0. The monoisotopic (exact) mass is 266 g/mol. The van der Waals surface area contributed by atoms with Gasteiger partial charge in [-0.15, -0.1) is 0 Å². The van der Waals surface area contributed by atoms with Crippen LogP contribution in [0, 0.1) is 12.8 Å². The fourth-order valence-electron chi connectivity index (χ4n) is 2.79. The van der Waals surface area contributed by atoms with E-state index in [4.69, 9.17) is 10.3 Å². The molecule has 1 heterocycles. The average Bonchev–Trinajstić information content (AvgIpc) is 2.81. The second kappa shape index (κ2) is 6.65. The minimum Gasteiger partial charge on any atom is -0.370 e. The van der Waals surface area contributed by atoms with Crippen LogP contribution in [-0.4, -0.2) is 22.1 Å². The lowest BCUT2D eigenvalue weighted by Gasteiger charge is -2.30. The van der Waals surface area contributed by atoms with Crippen LogP contribution in [0.4, 0.5) is 0 Å². The van der Waals surface area contributed by atoms with Gasteiger partial charge in [-0.1, -0.05) is 24.4 Å². The van der Waals surface area contributed by atoms with E-state index < -0.39 is 0 Å². The van der Waals surface area contributed by atoms with Crippen LogP contribution in [0.2, 0.25) is 0 Å². The van der Waals surface area contributed by atoms with Gasteiger partial charge in [-0.2, -0.15) is 4.98 Å². The molecule has 1 aromatic heterocycles. The van der Waals surface area contributed by atoms with Crippen molar-refractivity contribution in [1.29, 1.82) is 0 Å². The number of amides is 1. The van der Waals surface area contributed by atoms with Crippen molar-refractivity contribution in [2.45, 2.75) is 58.0 Å². The van der Waals surface area contributed by atoms with Crippen molar-refractivity contribution in [3.63, 3.8) is 0 Å². The maximum atomic E-state index is 11.2. The summed E-state index contributed by atoms with van der Waals surface area (Å²) in [5, 5.41) is 7.21. The lowest BCUT2D eigenvalue weighted by molar-refractivity contribution is -0.118. The number of hydrogen-bond acceptors (Lipinski definition) is 5. The molecular formula is C13H22N4O2. The number of carbonyl (C=O) groups is 1. The zero-order valence-electron chi connectivity index (χ0n) is 11.4. The first-order valence-corrected chi connectivity index (χ1v) is 6.96. The van der Waals surface area contributed by atoms with Crippen LogP contribution in [0.3, 0.4) is 0 Å². The summed E-state index contributed by atoms with van der Waals surface area (Å²) >= 11 is 0. The third-order valence-electron chi connectivity index (χ3n) is 3.73. The zero-order chi connectivity index (χ0) is 13.7. The van der Waals surface area contributed by atoms with E-state index in [1.165, 1.54) is 19.3 Å². The van der Waals surface area contributed by atoms with Gasteiger partial charge in [0.1, 0.15) is 0 Å². The normalized spacial score (nSPS) is 18.4. The number of primary amides is 1. The quantitative estimate of drug-likeness (QED) is 0.809. The number of nitrogens with one attached hydrogen (secondary N) is 1. The zero-order valence-corrected chi connectivity index (χ0v) is 11.4. The first-order chi connectivity index (χ1) is 9.15. The highest BCUT2D eigenvalue weighted by molar-refractivity contribution is 5.74. The van der Waals surface area contributed by atoms with E-state index in [2.05, 4.69) is 15.5 Å². The second-order valence-electron chi connectivity index (χ2n) is 5.29. The summed E-state index contributed by atoms with van der Waals surface area (Å²) in [4.78, 5) is 15.4. The molecule has 0 saturated heterocycles. The molecule has 106 valence electrons. The highest BCUT2D eigenvalue weighted by Crippen LogP contribution is 2.27. The van der Waals surface area contributed by atoms with Crippen LogP contribution in [0.1, 0.15) is 50.2 Å². The Hall–Kier alpha value is -1.43. The molecule has 2 rings (SSSR count). The van der Waals surface area contributed by atoms with Crippen molar-refractivity contribution in [3.05, 3.63) is 11.7 Å². The van der Waals surface area contributed by atoms with Gasteiger partial charge in [-0.25, -0.2) is 0 Å². The average molecular weight is 266 g/mol. The fraction of sp³-hybridized carbons (Fsp3) is 0.769. The van der Waals surface area contributed by atoms with Crippen LogP contribution in [0.15, 0.2) is 4.52 Å². The fourth-order valence-corrected chi connectivity index (χ4v) is 2.79. The van der Waals surface area contributed by atoms with Gasteiger partial charge >= 0.3 is 0 Å². The molecule has 0 aliphatic heterocycles. The van der Waals surface area contributed by atoms with Crippen LogP contribution in [0.25, 0.3) is 0 Å². The maximum Gasteiger partial charge on any atom is 0.223 e. The Balaban J connectivity index is 1.90. The van der Waals surface area contributed by atoms with E-state index >= 15 is 0 Å². The number of nitrogens with zero attached hydrogens (tertiary/aromatic N) is 2. The Kier molecular flexibility index (Phi) is 4.90. The van der Waals surface area contributed by atoms with Crippen molar-refractivity contribution in [2.24, 2.45) is 11.7 Å². The van der Waals surface area contributed by atoms with Gasteiger partial charge in [-0.05, 0) is 18.8 Å². The Labute approximate surface area is 113 Å². The van der Waals surface area contributed by atoms with Gasteiger partial charge in [0.15, 0.2) is 5.82 Å². The van der Waals surface area contributed by atoms with Crippen molar-refractivity contribution >= 4 is 5.91 Å². The molecule has 1 unspecified atom stereocenters. The number of hydrogen-bond donors (Lipinski definition) is 2. The second-order valence-corrected chi connectivity index (χ2v) is 5.29. The summed E-state index contributed by atoms with van der Waals surface area (Å²) in [6, 6.07) is 0.122. The molecule has 1 saturated carbocycles. The van der Waals surface area contributed by atoms with E-state index in [0.717, 1.165) is 12.8 Å². The standard InChI is InChI=1S/C13H22N4O2/c1-9-16-13(17-19-9)8-15-11(7-12(14)18)10-5-3-2-4-6-10/h10-11,15H,2-8H2,1H3,(H2,14,18). The minimum absolute atomic E-state index is 0.122. The smallest absolute Gasteiger partial charge is 0.223 e. The van der Waals surface area contributed by atoms with Crippen molar-refractivity contribution in [1.82, 2.24) is 15.5 Å². The number of carbonyl (C=O) groups excluding carboxylic acids is 1. The molecule has 1 atom stereocenters. The summed E-state index contributed by atoms with van der Waals surface area (Å²) in [6.07, 6.45) is 6.48. The van der Waals surface area contributed by atoms with Crippen molar-refractivity contribution < 1.29 is 9.32 Å². The Bertz CT molecular complexity index is 413. The lowest BCUT2D eigenvalue weighted by Crippen LogP contribution is -2.40.